The minimum absolute atomic E-state index is 0.0871. The molecule has 7 heteroatoms. The number of carbonyl (C=O) groups excluding carboxylic acids is 2. The molecule has 3 rings (SSSR count). The van der Waals surface area contributed by atoms with Crippen molar-refractivity contribution in [1.29, 1.82) is 0 Å². The summed E-state index contributed by atoms with van der Waals surface area (Å²) in [5.41, 5.74) is 2.96. The van der Waals surface area contributed by atoms with Crippen LogP contribution < -0.4 is 10.6 Å². The molecule has 1 aliphatic rings. The first-order valence-electron chi connectivity index (χ1n) is 9.94. The lowest BCUT2D eigenvalue weighted by Crippen LogP contribution is -2.28. The Morgan fingerprint density at radius 1 is 1.10 bits per heavy atom. The molecule has 154 valence electrons. The zero-order chi connectivity index (χ0) is 21.1. The molecule has 1 fully saturated rings. The van der Waals surface area contributed by atoms with E-state index in [1.807, 2.05) is 58.2 Å². The number of nitrogens with zero attached hydrogens (tertiary/aromatic N) is 2. The first-order chi connectivity index (χ1) is 13.8. The van der Waals surface area contributed by atoms with Crippen LogP contribution in [-0.4, -0.2) is 28.0 Å². The molecule has 0 saturated heterocycles. The standard InChI is InChI=1S/C22H28N4O2S/c1-12(2)19-23-14(4)18(22(26-19)29-5)21(28)24-13(3)15-8-10-17(11-9-15)25-20(27)16-6-7-16/h8-13,16H,6-7H2,1-5H3,(H,24,28)(H,25,27). The monoisotopic (exact) mass is 412 g/mol. The maximum absolute atomic E-state index is 12.9. The third kappa shape index (κ3) is 5.15. The number of amides is 2. The van der Waals surface area contributed by atoms with E-state index >= 15 is 0 Å². The zero-order valence-corrected chi connectivity index (χ0v) is 18.4. The van der Waals surface area contributed by atoms with Gasteiger partial charge in [-0.1, -0.05) is 26.0 Å². The number of aromatic nitrogens is 2. The summed E-state index contributed by atoms with van der Waals surface area (Å²) < 4.78 is 0. The van der Waals surface area contributed by atoms with E-state index in [2.05, 4.69) is 20.6 Å². The molecule has 0 radical (unpaired) electrons. The van der Waals surface area contributed by atoms with Gasteiger partial charge in [0.15, 0.2) is 0 Å². The Labute approximate surface area is 176 Å². The van der Waals surface area contributed by atoms with E-state index in [1.165, 1.54) is 11.8 Å². The summed E-state index contributed by atoms with van der Waals surface area (Å²) in [7, 11) is 0. The minimum Gasteiger partial charge on any atom is -0.345 e. The van der Waals surface area contributed by atoms with Gasteiger partial charge >= 0.3 is 0 Å². The lowest BCUT2D eigenvalue weighted by atomic mass is 10.1. The molecule has 0 bridgehead atoms. The second-order valence-corrected chi connectivity index (χ2v) is 8.58. The maximum Gasteiger partial charge on any atom is 0.256 e. The molecule has 1 aromatic heterocycles. The number of benzene rings is 1. The van der Waals surface area contributed by atoms with Crippen LogP contribution in [0, 0.1) is 12.8 Å². The Balaban J connectivity index is 1.70. The molecular weight excluding hydrogens is 384 g/mol. The molecule has 2 N–H and O–H groups in total. The predicted molar refractivity (Wildman–Crippen MR) is 116 cm³/mol. The van der Waals surface area contributed by atoms with Crippen molar-refractivity contribution in [3.63, 3.8) is 0 Å². The number of nitrogens with one attached hydrogen (secondary N) is 2. The van der Waals surface area contributed by atoms with Gasteiger partial charge < -0.3 is 10.6 Å². The van der Waals surface area contributed by atoms with Gasteiger partial charge in [-0.3, -0.25) is 9.59 Å². The van der Waals surface area contributed by atoms with Crippen molar-refractivity contribution < 1.29 is 9.59 Å². The minimum atomic E-state index is -0.186. The molecule has 1 heterocycles. The molecule has 0 aliphatic heterocycles. The van der Waals surface area contributed by atoms with E-state index in [0.717, 1.165) is 29.9 Å². The highest BCUT2D eigenvalue weighted by Gasteiger charge is 2.29. The fraction of sp³-hybridized carbons (Fsp3) is 0.455. The normalized spacial score (nSPS) is 14.6. The van der Waals surface area contributed by atoms with Gasteiger partial charge in [-0.2, -0.15) is 0 Å². The molecular formula is C22H28N4O2S. The number of carbonyl (C=O) groups is 2. The summed E-state index contributed by atoms with van der Waals surface area (Å²) in [6.07, 6.45) is 3.87. The molecule has 1 unspecified atom stereocenters. The molecule has 0 spiro atoms. The highest BCUT2D eigenvalue weighted by Crippen LogP contribution is 2.30. The Bertz CT molecular complexity index is 908. The van der Waals surface area contributed by atoms with Gasteiger partial charge in [-0.15, -0.1) is 11.8 Å². The van der Waals surface area contributed by atoms with Crippen LogP contribution in [0.5, 0.6) is 0 Å². The number of rotatable bonds is 7. The Hall–Kier alpha value is -2.41. The highest BCUT2D eigenvalue weighted by atomic mass is 32.2. The van der Waals surface area contributed by atoms with E-state index in [9.17, 15) is 9.59 Å². The van der Waals surface area contributed by atoms with E-state index in [0.29, 0.717) is 16.3 Å². The molecule has 29 heavy (non-hydrogen) atoms. The molecule has 2 amide bonds. The van der Waals surface area contributed by atoms with Crippen molar-refractivity contribution >= 4 is 29.3 Å². The highest BCUT2D eigenvalue weighted by molar-refractivity contribution is 7.98. The maximum atomic E-state index is 12.9. The van der Waals surface area contributed by atoms with Gasteiger partial charge in [0.05, 0.1) is 17.3 Å². The van der Waals surface area contributed by atoms with Crippen LogP contribution in [-0.2, 0) is 4.79 Å². The third-order valence-corrected chi connectivity index (χ3v) is 5.67. The lowest BCUT2D eigenvalue weighted by Gasteiger charge is -2.18. The Morgan fingerprint density at radius 2 is 1.76 bits per heavy atom. The number of hydrogen-bond acceptors (Lipinski definition) is 5. The quantitative estimate of drug-likeness (QED) is 0.518. The summed E-state index contributed by atoms with van der Waals surface area (Å²) in [5.74, 6) is 1.03. The molecule has 6 nitrogen and oxygen atoms in total. The van der Waals surface area contributed by atoms with Crippen molar-refractivity contribution in [2.75, 3.05) is 11.6 Å². The zero-order valence-electron chi connectivity index (χ0n) is 17.6. The average Bonchev–Trinajstić information content (AvgIpc) is 3.52. The SMILES string of the molecule is CSc1nc(C(C)C)nc(C)c1C(=O)NC(C)c1ccc(NC(=O)C2CC2)cc1. The van der Waals surface area contributed by atoms with Crippen LogP contribution >= 0.6 is 11.8 Å². The molecule has 2 aromatic rings. The van der Waals surface area contributed by atoms with E-state index in [1.54, 1.807) is 0 Å². The predicted octanol–water partition coefficient (Wildman–Crippen LogP) is 4.47. The van der Waals surface area contributed by atoms with Crippen molar-refractivity contribution in [3.8, 4) is 0 Å². The summed E-state index contributed by atoms with van der Waals surface area (Å²) >= 11 is 1.46. The molecule has 1 aromatic carbocycles. The van der Waals surface area contributed by atoms with Crippen LogP contribution in [0.4, 0.5) is 5.69 Å². The second-order valence-electron chi connectivity index (χ2n) is 7.79. The van der Waals surface area contributed by atoms with Gasteiger partial charge in [-0.25, -0.2) is 9.97 Å². The van der Waals surface area contributed by atoms with Crippen molar-refractivity contribution in [2.45, 2.75) is 57.5 Å². The first-order valence-corrected chi connectivity index (χ1v) is 11.2. The smallest absolute Gasteiger partial charge is 0.256 e. The van der Waals surface area contributed by atoms with E-state index < -0.39 is 0 Å². The van der Waals surface area contributed by atoms with E-state index in [-0.39, 0.29) is 29.7 Å². The van der Waals surface area contributed by atoms with Gasteiger partial charge in [0.2, 0.25) is 5.91 Å². The first kappa shape index (κ1) is 21.3. The van der Waals surface area contributed by atoms with Crippen LogP contribution in [0.3, 0.4) is 0 Å². The van der Waals surface area contributed by atoms with Crippen LogP contribution in [0.15, 0.2) is 29.3 Å². The molecule has 1 aliphatic carbocycles. The third-order valence-electron chi connectivity index (χ3n) is 4.98. The number of aryl methyl sites for hydroxylation is 1. The summed E-state index contributed by atoms with van der Waals surface area (Å²) in [6.45, 7) is 7.87. The van der Waals surface area contributed by atoms with Gasteiger partial charge in [-0.05, 0) is 50.6 Å². The van der Waals surface area contributed by atoms with Gasteiger partial charge in [0, 0.05) is 17.5 Å². The van der Waals surface area contributed by atoms with Crippen LogP contribution in [0.25, 0.3) is 0 Å². The number of thioether (sulfide) groups is 1. The average molecular weight is 413 g/mol. The molecule has 1 atom stereocenters. The summed E-state index contributed by atoms with van der Waals surface area (Å²) in [6, 6.07) is 7.41. The lowest BCUT2D eigenvalue weighted by molar-refractivity contribution is -0.117. The summed E-state index contributed by atoms with van der Waals surface area (Å²) in [5, 5.41) is 6.67. The fourth-order valence-electron chi connectivity index (χ4n) is 3.03. The van der Waals surface area contributed by atoms with Gasteiger partial charge in [0.1, 0.15) is 10.9 Å². The Kier molecular flexibility index (Phi) is 6.57. The summed E-state index contributed by atoms with van der Waals surface area (Å²) in [4.78, 5) is 33.9. The second kappa shape index (κ2) is 8.95. The molecule has 1 saturated carbocycles. The largest absolute Gasteiger partial charge is 0.345 e. The van der Waals surface area contributed by atoms with Crippen LogP contribution in [0.2, 0.25) is 0 Å². The number of anilines is 1. The Morgan fingerprint density at radius 3 is 2.31 bits per heavy atom. The number of hydrogen-bond donors (Lipinski definition) is 2. The van der Waals surface area contributed by atoms with E-state index in [4.69, 9.17) is 0 Å². The topological polar surface area (TPSA) is 84.0 Å². The van der Waals surface area contributed by atoms with Crippen molar-refractivity contribution in [1.82, 2.24) is 15.3 Å². The van der Waals surface area contributed by atoms with Gasteiger partial charge in [0.25, 0.3) is 5.91 Å². The van der Waals surface area contributed by atoms with Crippen LogP contribution in [0.1, 0.15) is 73.0 Å². The van der Waals surface area contributed by atoms with Crippen molar-refractivity contribution in [3.05, 3.63) is 46.9 Å². The fourth-order valence-corrected chi connectivity index (χ4v) is 3.66. The van der Waals surface area contributed by atoms with Crippen molar-refractivity contribution in [2.24, 2.45) is 5.92 Å².